The van der Waals surface area contributed by atoms with E-state index in [-0.39, 0.29) is 0 Å². The van der Waals surface area contributed by atoms with E-state index < -0.39 is 5.97 Å². The Hall–Kier alpha value is -2.28. The molecule has 0 bridgehead atoms. The molecule has 0 aliphatic heterocycles. The van der Waals surface area contributed by atoms with E-state index in [0.29, 0.717) is 23.1 Å². The van der Waals surface area contributed by atoms with Gasteiger partial charge in [-0.15, -0.1) is 0 Å². The molecular formula is C12H10N2O2. The summed E-state index contributed by atoms with van der Waals surface area (Å²) in [5.74, 6) is -0.406. The number of nitrogens with zero attached hydrogens (tertiary/aromatic N) is 1. The standard InChI is InChI=1S/C12H10N2O2/c1-2-16-12(15)9-7-14-10-5-3-4-8(6-13)11(9)10/h3-5,7,14H,2H2,1H3. The summed E-state index contributed by atoms with van der Waals surface area (Å²) in [5, 5.41) is 9.60. The number of nitriles is 1. The fraction of sp³-hybridized carbons (Fsp3) is 0.167. The number of fused-ring (bicyclic) bond motifs is 1. The molecule has 2 rings (SSSR count). The molecule has 16 heavy (non-hydrogen) atoms. The molecule has 4 nitrogen and oxygen atoms in total. The van der Waals surface area contributed by atoms with E-state index in [0.717, 1.165) is 5.52 Å². The molecule has 0 fully saturated rings. The normalized spacial score (nSPS) is 10.0. The molecule has 2 aromatic rings. The Kier molecular flexibility index (Phi) is 2.61. The van der Waals surface area contributed by atoms with Gasteiger partial charge in [0.05, 0.1) is 23.8 Å². The largest absolute Gasteiger partial charge is 0.462 e. The highest BCUT2D eigenvalue weighted by Gasteiger charge is 2.15. The van der Waals surface area contributed by atoms with Crippen molar-refractivity contribution in [1.82, 2.24) is 4.98 Å². The van der Waals surface area contributed by atoms with E-state index in [9.17, 15) is 4.79 Å². The molecule has 0 aliphatic rings. The Balaban J connectivity index is 2.63. The summed E-state index contributed by atoms with van der Waals surface area (Å²) in [4.78, 5) is 14.6. The lowest BCUT2D eigenvalue weighted by Crippen LogP contribution is -2.03. The number of hydrogen-bond donors (Lipinski definition) is 1. The van der Waals surface area contributed by atoms with Gasteiger partial charge in [-0.1, -0.05) is 6.07 Å². The van der Waals surface area contributed by atoms with Crippen LogP contribution in [0, 0.1) is 11.3 Å². The molecule has 0 unspecified atom stereocenters. The summed E-state index contributed by atoms with van der Waals surface area (Å²) in [6.45, 7) is 2.07. The second kappa shape index (κ2) is 4.07. The fourth-order valence-corrected chi connectivity index (χ4v) is 1.65. The van der Waals surface area contributed by atoms with Crippen LogP contribution in [0.3, 0.4) is 0 Å². The lowest BCUT2D eigenvalue weighted by atomic mass is 10.1. The van der Waals surface area contributed by atoms with Crippen LogP contribution in [0.25, 0.3) is 10.9 Å². The van der Waals surface area contributed by atoms with Crippen molar-refractivity contribution in [1.29, 1.82) is 5.26 Å². The molecule has 1 N–H and O–H groups in total. The van der Waals surface area contributed by atoms with Gasteiger partial charge in [-0.2, -0.15) is 5.26 Å². The van der Waals surface area contributed by atoms with Crippen molar-refractivity contribution in [2.75, 3.05) is 6.61 Å². The van der Waals surface area contributed by atoms with Crippen LogP contribution < -0.4 is 0 Å². The summed E-state index contributed by atoms with van der Waals surface area (Å²) < 4.78 is 4.93. The van der Waals surface area contributed by atoms with Crippen LogP contribution in [0.1, 0.15) is 22.8 Å². The van der Waals surface area contributed by atoms with Crippen molar-refractivity contribution in [3.05, 3.63) is 35.5 Å². The maximum Gasteiger partial charge on any atom is 0.340 e. The lowest BCUT2D eigenvalue weighted by molar-refractivity contribution is 0.0528. The molecule has 80 valence electrons. The van der Waals surface area contributed by atoms with E-state index >= 15 is 0 Å². The summed E-state index contributed by atoms with van der Waals surface area (Å²) in [7, 11) is 0. The minimum absolute atomic E-state index is 0.320. The smallest absolute Gasteiger partial charge is 0.340 e. The number of carbonyl (C=O) groups is 1. The highest BCUT2D eigenvalue weighted by molar-refractivity contribution is 6.06. The SMILES string of the molecule is CCOC(=O)c1c[nH]c2cccc(C#N)c12. The molecule has 1 heterocycles. The molecule has 0 saturated heterocycles. The highest BCUT2D eigenvalue weighted by Crippen LogP contribution is 2.22. The minimum Gasteiger partial charge on any atom is -0.462 e. The van der Waals surface area contributed by atoms with Crippen LogP contribution >= 0.6 is 0 Å². The fourth-order valence-electron chi connectivity index (χ4n) is 1.65. The zero-order valence-electron chi connectivity index (χ0n) is 8.78. The van der Waals surface area contributed by atoms with Crippen LogP contribution in [-0.2, 0) is 4.74 Å². The first-order valence-corrected chi connectivity index (χ1v) is 4.95. The van der Waals surface area contributed by atoms with E-state index in [1.807, 2.05) is 6.07 Å². The maximum atomic E-state index is 11.6. The molecule has 1 aromatic carbocycles. The topological polar surface area (TPSA) is 65.9 Å². The van der Waals surface area contributed by atoms with Gasteiger partial charge < -0.3 is 9.72 Å². The van der Waals surface area contributed by atoms with Gasteiger partial charge in [-0.3, -0.25) is 0 Å². The Morgan fingerprint density at radius 2 is 2.38 bits per heavy atom. The first-order valence-electron chi connectivity index (χ1n) is 4.95. The Morgan fingerprint density at radius 3 is 3.06 bits per heavy atom. The van der Waals surface area contributed by atoms with Crippen molar-refractivity contribution in [2.45, 2.75) is 6.92 Å². The summed E-state index contributed by atoms with van der Waals surface area (Å²) >= 11 is 0. The molecule has 4 heteroatoms. The van der Waals surface area contributed by atoms with Gasteiger partial charge in [0.2, 0.25) is 0 Å². The predicted molar refractivity (Wildman–Crippen MR) is 59.0 cm³/mol. The van der Waals surface area contributed by atoms with Crippen molar-refractivity contribution in [3.8, 4) is 6.07 Å². The second-order valence-electron chi connectivity index (χ2n) is 3.26. The molecule has 0 amide bonds. The molecular weight excluding hydrogens is 204 g/mol. The molecule has 0 atom stereocenters. The van der Waals surface area contributed by atoms with Gasteiger partial charge in [-0.25, -0.2) is 4.79 Å². The first kappa shape index (κ1) is 10.2. The molecule has 0 saturated carbocycles. The Labute approximate surface area is 92.4 Å². The van der Waals surface area contributed by atoms with Gasteiger partial charge in [-0.05, 0) is 19.1 Å². The van der Waals surface area contributed by atoms with E-state index in [1.165, 1.54) is 0 Å². The van der Waals surface area contributed by atoms with Crippen LogP contribution in [0.2, 0.25) is 0 Å². The molecule has 1 aromatic heterocycles. The number of rotatable bonds is 2. The monoisotopic (exact) mass is 214 g/mol. The van der Waals surface area contributed by atoms with Crippen LogP contribution in [0.15, 0.2) is 24.4 Å². The van der Waals surface area contributed by atoms with Crippen LogP contribution in [0.4, 0.5) is 0 Å². The number of ether oxygens (including phenoxy) is 1. The van der Waals surface area contributed by atoms with Gasteiger partial charge >= 0.3 is 5.97 Å². The number of aromatic nitrogens is 1. The zero-order valence-corrected chi connectivity index (χ0v) is 8.78. The number of nitrogens with one attached hydrogen (secondary N) is 1. The van der Waals surface area contributed by atoms with Gasteiger partial charge in [0, 0.05) is 17.1 Å². The molecule has 0 radical (unpaired) electrons. The summed E-state index contributed by atoms with van der Waals surface area (Å²) in [6, 6.07) is 7.33. The van der Waals surface area contributed by atoms with Crippen LogP contribution in [0.5, 0.6) is 0 Å². The minimum atomic E-state index is -0.406. The first-order chi connectivity index (χ1) is 7.77. The van der Waals surface area contributed by atoms with E-state index in [1.54, 1.807) is 25.3 Å². The quantitative estimate of drug-likeness (QED) is 0.779. The average Bonchev–Trinajstić information content (AvgIpc) is 2.72. The lowest BCUT2D eigenvalue weighted by Gasteiger charge is -2.00. The molecule has 0 aliphatic carbocycles. The number of hydrogen-bond acceptors (Lipinski definition) is 3. The van der Waals surface area contributed by atoms with Crippen molar-refractivity contribution < 1.29 is 9.53 Å². The number of esters is 1. The zero-order chi connectivity index (χ0) is 11.5. The van der Waals surface area contributed by atoms with Crippen molar-refractivity contribution in [3.63, 3.8) is 0 Å². The predicted octanol–water partition coefficient (Wildman–Crippen LogP) is 2.22. The number of benzene rings is 1. The van der Waals surface area contributed by atoms with Gasteiger partial charge in [0.1, 0.15) is 0 Å². The third kappa shape index (κ3) is 1.52. The Bertz CT molecular complexity index is 578. The third-order valence-corrected chi connectivity index (χ3v) is 2.32. The van der Waals surface area contributed by atoms with Gasteiger partial charge in [0.15, 0.2) is 0 Å². The van der Waals surface area contributed by atoms with Crippen molar-refractivity contribution in [2.24, 2.45) is 0 Å². The average molecular weight is 214 g/mol. The van der Waals surface area contributed by atoms with Crippen molar-refractivity contribution >= 4 is 16.9 Å². The summed E-state index contributed by atoms with van der Waals surface area (Å²) in [5.41, 5.74) is 1.65. The van der Waals surface area contributed by atoms with E-state index in [4.69, 9.17) is 10.00 Å². The summed E-state index contributed by atoms with van der Waals surface area (Å²) in [6.07, 6.45) is 1.57. The second-order valence-corrected chi connectivity index (χ2v) is 3.26. The highest BCUT2D eigenvalue weighted by atomic mass is 16.5. The number of carbonyl (C=O) groups excluding carboxylic acids is 1. The van der Waals surface area contributed by atoms with E-state index in [2.05, 4.69) is 11.1 Å². The van der Waals surface area contributed by atoms with Gasteiger partial charge in [0.25, 0.3) is 0 Å². The molecule has 0 spiro atoms. The van der Waals surface area contributed by atoms with Crippen LogP contribution in [-0.4, -0.2) is 17.6 Å². The third-order valence-electron chi connectivity index (χ3n) is 2.32. The number of aromatic amines is 1. The number of H-pyrrole nitrogens is 1. The maximum absolute atomic E-state index is 11.6. The Morgan fingerprint density at radius 1 is 1.56 bits per heavy atom.